The number of aromatic hydroxyl groups is 1. The summed E-state index contributed by atoms with van der Waals surface area (Å²) in [5.74, 6) is 1.04. The lowest BCUT2D eigenvalue weighted by molar-refractivity contribution is -0.904. The molecule has 9 nitrogen and oxygen atoms in total. The number of fused-ring (bicyclic) bond motifs is 1. The van der Waals surface area contributed by atoms with Gasteiger partial charge in [-0.3, -0.25) is 4.79 Å². The number of oxazole rings is 1. The molecule has 0 spiro atoms. The van der Waals surface area contributed by atoms with E-state index in [4.69, 9.17) is 4.42 Å². The molecule has 5 rings (SSSR count). The van der Waals surface area contributed by atoms with E-state index in [1.54, 1.807) is 18.3 Å². The Morgan fingerprint density at radius 3 is 2.15 bits per heavy atom. The van der Waals surface area contributed by atoms with Gasteiger partial charge in [0.1, 0.15) is 12.3 Å². The van der Waals surface area contributed by atoms with Crippen molar-refractivity contribution in [2.24, 2.45) is 0 Å². The fourth-order valence-corrected chi connectivity index (χ4v) is 6.39. The van der Waals surface area contributed by atoms with Crippen molar-refractivity contribution in [1.82, 2.24) is 15.3 Å². The number of unbranched alkanes of at least 4 members (excludes halogenated alkanes) is 6. The van der Waals surface area contributed by atoms with Gasteiger partial charge < -0.3 is 34.5 Å². The van der Waals surface area contributed by atoms with Gasteiger partial charge in [0.25, 0.3) is 0 Å². The Balaban J connectivity index is 0.982. The molecule has 5 aromatic rings. The van der Waals surface area contributed by atoms with Crippen LogP contribution in [0.5, 0.6) is 5.75 Å². The van der Waals surface area contributed by atoms with Crippen LogP contribution in [0.25, 0.3) is 10.9 Å². The van der Waals surface area contributed by atoms with E-state index in [-0.39, 0.29) is 17.2 Å². The summed E-state index contributed by atoms with van der Waals surface area (Å²) in [6, 6.07) is 25.3. The van der Waals surface area contributed by atoms with Crippen LogP contribution in [0.4, 0.5) is 0 Å². The first kappa shape index (κ1) is 35.0. The third kappa shape index (κ3) is 8.79. The summed E-state index contributed by atoms with van der Waals surface area (Å²) < 4.78 is 7.01. The molecule has 0 aliphatic rings. The van der Waals surface area contributed by atoms with E-state index in [0.29, 0.717) is 40.7 Å². The standard InChI is InChI=1S/C39H48N4O5/c1-43(2,28-31-26-41-38(48-31)39(47,29-16-10-8-11-17-29)30-18-12-9-13-19-30)25-15-7-5-3-4-6-14-24-40-27-35(45)32-20-22-34(44)37-33(32)21-23-36(46)42-37/h8-13,16-23,26,35,40,45,47H,3-7,14-15,24-25,27-28H2,1-2H3,(H-,42,44,46)/p+1. The van der Waals surface area contributed by atoms with Crippen LogP contribution in [-0.2, 0) is 12.1 Å². The molecule has 48 heavy (non-hydrogen) atoms. The molecule has 2 heterocycles. The maximum absolute atomic E-state index is 12.0. The lowest BCUT2D eigenvalue weighted by Gasteiger charge is -2.29. The Morgan fingerprint density at radius 1 is 0.854 bits per heavy atom. The average molecular weight is 654 g/mol. The van der Waals surface area contributed by atoms with Crippen LogP contribution in [0.2, 0.25) is 0 Å². The minimum absolute atomic E-state index is 0.00662. The van der Waals surface area contributed by atoms with E-state index in [1.165, 1.54) is 37.8 Å². The number of aromatic amines is 1. The van der Waals surface area contributed by atoms with Gasteiger partial charge in [-0.05, 0) is 54.6 Å². The number of aliphatic hydroxyl groups is 2. The van der Waals surface area contributed by atoms with Gasteiger partial charge in [0, 0.05) is 18.0 Å². The summed E-state index contributed by atoms with van der Waals surface area (Å²) in [5, 5.41) is 36.7. The highest BCUT2D eigenvalue weighted by molar-refractivity contribution is 5.87. The highest BCUT2D eigenvalue weighted by Gasteiger charge is 2.39. The molecule has 1 unspecified atom stereocenters. The number of H-pyrrole nitrogens is 1. The minimum Gasteiger partial charge on any atom is -0.506 e. The van der Waals surface area contributed by atoms with E-state index in [2.05, 4.69) is 29.4 Å². The molecule has 0 radical (unpaired) electrons. The third-order valence-electron chi connectivity index (χ3n) is 9.05. The van der Waals surface area contributed by atoms with Crippen LogP contribution in [0.3, 0.4) is 0 Å². The number of quaternary nitrogens is 1. The molecule has 0 saturated carbocycles. The normalized spacial score (nSPS) is 12.8. The predicted molar refractivity (Wildman–Crippen MR) is 189 cm³/mol. The zero-order chi connectivity index (χ0) is 34.0. The van der Waals surface area contributed by atoms with Crippen molar-refractivity contribution in [2.45, 2.75) is 63.2 Å². The van der Waals surface area contributed by atoms with Crippen molar-refractivity contribution < 1.29 is 24.2 Å². The molecule has 0 saturated heterocycles. The van der Waals surface area contributed by atoms with Crippen LogP contribution in [0.1, 0.15) is 79.4 Å². The molecule has 2 aromatic heterocycles. The van der Waals surface area contributed by atoms with Crippen molar-refractivity contribution in [3.8, 4) is 5.75 Å². The highest BCUT2D eigenvalue weighted by Crippen LogP contribution is 2.36. The largest absolute Gasteiger partial charge is 0.506 e. The number of hydrogen-bond acceptors (Lipinski definition) is 7. The van der Waals surface area contributed by atoms with E-state index >= 15 is 0 Å². The van der Waals surface area contributed by atoms with Gasteiger partial charge in [0.15, 0.2) is 11.4 Å². The molecule has 254 valence electrons. The van der Waals surface area contributed by atoms with Crippen molar-refractivity contribution in [3.05, 3.63) is 130 Å². The Labute approximate surface area is 282 Å². The van der Waals surface area contributed by atoms with E-state index in [9.17, 15) is 20.1 Å². The number of benzene rings is 3. The zero-order valence-corrected chi connectivity index (χ0v) is 28.1. The number of phenolic OH excluding ortho intramolecular Hbond substituents is 1. The maximum atomic E-state index is 12.0. The number of pyridine rings is 1. The second kappa shape index (κ2) is 16.2. The predicted octanol–water partition coefficient (Wildman–Crippen LogP) is 6.14. The first-order valence-electron chi connectivity index (χ1n) is 17.0. The summed E-state index contributed by atoms with van der Waals surface area (Å²) in [6.45, 7) is 2.95. The van der Waals surface area contributed by atoms with E-state index in [0.717, 1.165) is 42.6 Å². The molecule has 0 aliphatic carbocycles. The van der Waals surface area contributed by atoms with Crippen LogP contribution < -0.4 is 10.9 Å². The first-order valence-corrected chi connectivity index (χ1v) is 17.0. The molecular weight excluding hydrogens is 604 g/mol. The molecule has 0 amide bonds. The average Bonchev–Trinajstić information content (AvgIpc) is 3.56. The Kier molecular flexibility index (Phi) is 11.8. The summed E-state index contributed by atoms with van der Waals surface area (Å²) in [4.78, 5) is 18.8. The molecule has 9 heteroatoms. The summed E-state index contributed by atoms with van der Waals surface area (Å²) in [6.07, 6.45) is 9.10. The lowest BCUT2D eigenvalue weighted by Crippen LogP contribution is -2.39. The lowest BCUT2D eigenvalue weighted by atomic mass is 9.86. The first-order chi connectivity index (χ1) is 23.2. The summed E-state index contributed by atoms with van der Waals surface area (Å²) in [5.41, 5.74) is 0.699. The zero-order valence-electron chi connectivity index (χ0n) is 28.1. The van der Waals surface area contributed by atoms with Gasteiger partial charge >= 0.3 is 0 Å². The minimum atomic E-state index is -1.47. The monoisotopic (exact) mass is 653 g/mol. The summed E-state index contributed by atoms with van der Waals surface area (Å²) >= 11 is 0. The molecular formula is C39H49N4O5+. The molecule has 0 aliphatic heterocycles. The SMILES string of the molecule is C[N+](C)(CCCCCCCCCNCC(O)c1ccc(O)c2[nH]c(=O)ccc12)Cc1cnc(C(O)(c2ccccc2)c2ccccc2)o1. The van der Waals surface area contributed by atoms with Crippen molar-refractivity contribution in [2.75, 3.05) is 33.7 Å². The van der Waals surface area contributed by atoms with Gasteiger partial charge in [-0.1, -0.05) is 92.4 Å². The second-order valence-electron chi connectivity index (χ2n) is 13.4. The molecule has 1 atom stereocenters. The van der Waals surface area contributed by atoms with Crippen LogP contribution in [-0.4, -0.2) is 63.5 Å². The fraction of sp³-hybridized carbons (Fsp3) is 0.385. The Morgan fingerprint density at radius 2 is 1.48 bits per heavy atom. The van der Waals surface area contributed by atoms with Gasteiger partial charge in [-0.2, -0.15) is 0 Å². The highest BCUT2D eigenvalue weighted by atomic mass is 16.4. The number of phenols is 1. The smallest absolute Gasteiger partial charge is 0.248 e. The fourth-order valence-electron chi connectivity index (χ4n) is 6.39. The number of rotatable bonds is 18. The van der Waals surface area contributed by atoms with Crippen LogP contribution in [0, 0.1) is 0 Å². The van der Waals surface area contributed by atoms with Gasteiger partial charge in [-0.15, -0.1) is 0 Å². The number of aliphatic hydroxyl groups excluding tert-OH is 1. The second-order valence-corrected chi connectivity index (χ2v) is 13.4. The number of nitrogens with zero attached hydrogens (tertiary/aromatic N) is 2. The van der Waals surface area contributed by atoms with Gasteiger partial charge in [0.05, 0.1) is 38.5 Å². The topological polar surface area (TPSA) is 132 Å². The van der Waals surface area contributed by atoms with E-state index in [1.807, 2.05) is 60.7 Å². The third-order valence-corrected chi connectivity index (χ3v) is 9.05. The van der Waals surface area contributed by atoms with Gasteiger partial charge in [-0.25, -0.2) is 4.98 Å². The molecule has 5 N–H and O–H groups in total. The number of hydrogen-bond donors (Lipinski definition) is 5. The molecule has 0 bridgehead atoms. The van der Waals surface area contributed by atoms with E-state index < -0.39 is 11.7 Å². The van der Waals surface area contributed by atoms with Gasteiger partial charge in [0.2, 0.25) is 11.4 Å². The van der Waals surface area contributed by atoms with Crippen molar-refractivity contribution in [1.29, 1.82) is 0 Å². The number of aromatic nitrogens is 2. The Bertz CT molecular complexity index is 1750. The molecule has 0 fully saturated rings. The Hall–Kier alpha value is -4.28. The molecule has 3 aromatic carbocycles. The quantitative estimate of drug-likeness (QED) is 0.0568. The van der Waals surface area contributed by atoms with Crippen LogP contribution >= 0.6 is 0 Å². The maximum Gasteiger partial charge on any atom is 0.248 e. The van der Waals surface area contributed by atoms with Crippen molar-refractivity contribution >= 4 is 10.9 Å². The summed E-state index contributed by atoms with van der Waals surface area (Å²) in [7, 11) is 4.41. The number of nitrogens with one attached hydrogen (secondary N) is 2. The van der Waals surface area contributed by atoms with Crippen LogP contribution in [0.15, 0.2) is 100 Å². The van der Waals surface area contributed by atoms with Crippen molar-refractivity contribution in [3.63, 3.8) is 0 Å².